The monoisotopic (exact) mass is 332 g/mol. The van der Waals surface area contributed by atoms with E-state index in [0.717, 1.165) is 44.4 Å². The first-order chi connectivity index (χ1) is 11.7. The average Bonchev–Trinajstić information content (AvgIpc) is 3.42. The van der Waals surface area contributed by atoms with Gasteiger partial charge in [-0.3, -0.25) is 0 Å². The first kappa shape index (κ1) is 17.1. The predicted molar refractivity (Wildman–Crippen MR) is 93.4 cm³/mol. The third-order valence-electron chi connectivity index (χ3n) is 5.48. The number of carbonyl (C=O) groups is 1. The summed E-state index contributed by atoms with van der Waals surface area (Å²) in [5.74, 6) is 0.860. The number of nitrogens with one attached hydrogen (secondary N) is 1. The van der Waals surface area contributed by atoms with E-state index in [2.05, 4.69) is 17.4 Å². The van der Waals surface area contributed by atoms with Crippen LogP contribution in [0.3, 0.4) is 0 Å². The zero-order valence-corrected chi connectivity index (χ0v) is 14.5. The molecule has 1 aromatic rings. The van der Waals surface area contributed by atoms with Crippen molar-refractivity contribution < 1.29 is 14.6 Å². The first-order valence-corrected chi connectivity index (χ1v) is 8.98. The van der Waals surface area contributed by atoms with Gasteiger partial charge in [0, 0.05) is 31.2 Å². The fourth-order valence-electron chi connectivity index (χ4n) is 3.73. The number of piperidine rings is 1. The van der Waals surface area contributed by atoms with Crippen molar-refractivity contribution >= 4 is 6.03 Å². The van der Waals surface area contributed by atoms with Crippen molar-refractivity contribution in [3.05, 3.63) is 29.8 Å². The van der Waals surface area contributed by atoms with Crippen LogP contribution in [0.25, 0.3) is 0 Å². The molecule has 5 heteroatoms. The number of urea groups is 1. The third-order valence-corrected chi connectivity index (χ3v) is 5.48. The lowest BCUT2D eigenvalue weighted by atomic mass is 9.95. The van der Waals surface area contributed by atoms with E-state index in [4.69, 9.17) is 4.74 Å². The van der Waals surface area contributed by atoms with Gasteiger partial charge in [-0.25, -0.2) is 4.79 Å². The molecule has 2 amide bonds. The van der Waals surface area contributed by atoms with Gasteiger partial charge in [0.05, 0.1) is 7.11 Å². The number of benzene rings is 1. The zero-order chi connectivity index (χ0) is 17.0. The molecule has 1 saturated carbocycles. The Bertz CT molecular complexity index is 552. The molecule has 1 saturated heterocycles. The fraction of sp³-hybridized carbons (Fsp3) is 0.632. The van der Waals surface area contributed by atoms with E-state index in [-0.39, 0.29) is 24.1 Å². The number of hydrogen-bond acceptors (Lipinski definition) is 3. The minimum atomic E-state index is 0.0212. The van der Waals surface area contributed by atoms with Crippen molar-refractivity contribution in [2.24, 2.45) is 0 Å². The number of nitrogens with zero attached hydrogens (tertiary/aromatic N) is 1. The summed E-state index contributed by atoms with van der Waals surface area (Å²) >= 11 is 0. The Hall–Kier alpha value is -1.75. The molecule has 2 fully saturated rings. The molecular weight excluding hydrogens is 304 g/mol. The molecule has 1 aromatic carbocycles. The van der Waals surface area contributed by atoms with E-state index in [1.165, 1.54) is 5.56 Å². The van der Waals surface area contributed by atoms with Crippen molar-refractivity contribution in [3.8, 4) is 5.75 Å². The van der Waals surface area contributed by atoms with E-state index >= 15 is 0 Å². The molecule has 132 valence electrons. The number of aliphatic hydroxyl groups excluding tert-OH is 1. The van der Waals surface area contributed by atoms with Crippen LogP contribution in [-0.2, 0) is 5.41 Å². The Kier molecular flexibility index (Phi) is 5.29. The molecule has 1 aliphatic heterocycles. The topological polar surface area (TPSA) is 61.8 Å². The van der Waals surface area contributed by atoms with Gasteiger partial charge < -0.3 is 20.1 Å². The first-order valence-electron chi connectivity index (χ1n) is 8.98. The van der Waals surface area contributed by atoms with E-state index < -0.39 is 0 Å². The Labute approximate surface area is 144 Å². The zero-order valence-electron chi connectivity index (χ0n) is 14.5. The van der Waals surface area contributed by atoms with Crippen molar-refractivity contribution in [2.75, 3.05) is 26.8 Å². The van der Waals surface area contributed by atoms with Crippen molar-refractivity contribution in [3.63, 3.8) is 0 Å². The highest BCUT2D eigenvalue weighted by atomic mass is 16.5. The van der Waals surface area contributed by atoms with Crippen LogP contribution in [0.2, 0.25) is 0 Å². The second-order valence-electron chi connectivity index (χ2n) is 7.02. The summed E-state index contributed by atoms with van der Waals surface area (Å²) in [7, 11) is 1.67. The highest BCUT2D eigenvalue weighted by molar-refractivity contribution is 5.75. The Morgan fingerprint density at radius 3 is 2.71 bits per heavy atom. The van der Waals surface area contributed by atoms with Crippen LogP contribution in [0.1, 0.15) is 44.1 Å². The molecule has 2 N–H and O–H groups in total. The molecule has 5 nitrogen and oxygen atoms in total. The molecule has 1 unspecified atom stereocenters. The highest BCUT2D eigenvalue weighted by Gasteiger charge is 2.44. The van der Waals surface area contributed by atoms with Crippen LogP contribution in [0.4, 0.5) is 4.79 Å². The molecule has 1 atom stereocenters. The average molecular weight is 332 g/mol. The molecule has 0 radical (unpaired) electrons. The molecule has 3 rings (SSSR count). The maximum Gasteiger partial charge on any atom is 0.317 e. The lowest BCUT2D eigenvalue weighted by Crippen LogP contribution is -2.50. The molecule has 2 aliphatic rings. The van der Waals surface area contributed by atoms with Crippen LogP contribution in [0, 0.1) is 0 Å². The highest BCUT2D eigenvalue weighted by Crippen LogP contribution is 2.47. The van der Waals surface area contributed by atoms with Gasteiger partial charge in [0.15, 0.2) is 0 Å². The van der Waals surface area contributed by atoms with Crippen LogP contribution < -0.4 is 10.1 Å². The van der Waals surface area contributed by atoms with E-state index in [9.17, 15) is 9.90 Å². The number of ether oxygens (including phenoxy) is 1. The molecule has 0 aromatic heterocycles. The SMILES string of the molecule is COc1ccc(C2(CNC(=O)N3CCCCC3CCO)CC2)cc1. The summed E-state index contributed by atoms with van der Waals surface area (Å²) in [5, 5.41) is 12.4. The maximum atomic E-state index is 12.6. The van der Waals surface area contributed by atoms with Gasteiger partial charge in [-0.15, -0.1) is 0 Å². The number of rotatable bonds is 6. The van der Waals surface area contributed by atoms with Crippen molar-refractivity contribution in [2.45, 2.75) is 50.0 Å². The van der Waals surface area contributed by atoms with Crippen LogP contribution in [0.5, 0.6) is 5.75 Å². The summed E-state index contributed by atoms with van der Waals surface area (Å²) in [6, 6.07) is 8.38. The summed E-state index contributed by atoms with van der Waals surface area (Å²) in [4.78, 5) is 14.5. The predicted octanol–water partition coefficient (Wildman–Crippen LogP) is 2.67. The van der Waals surface area contributed by atoms with Gasteiger partial charge in [-0.2, -0.15) is 0 Å². The molecule has 1 aliphatic carbocycles. The second kappa shape index (κ2) is 7.43. The standard InChI is InChI=1S/C19H28N2O3/c1-24-17-7-5-15(6-8-17)19(10-11-19)14-20-18(23)21-12-3-2-4-16(21)9-13-22/h5-8,16,22H,2-4,9-14H2,1H3,(H,20,23). The largest absolute Gasteiger partial charge is 0.497 e. The van der Waals surface area contributed by atoms with Crippen LogP contribution in [0.15, 0.2) is 24.3 Å². The van der Waals surface area contributed by atoms with Gasteiger partial charge in [0.25, 0.3) is 0 Å². The van der Waals surface area contributed by atoms with Gasteiger partial charge in [0.2, 0.25) is 0 Å². The molecule has 24 heavy (non-hydrogen) atoms. The number of carbonyl (C=O) groups excluding carboxylic acids is 1. The van der Waals surface area contributed by atoms with Gasteiger partial charge in [0.1, 0.15) is 5.75 Å². The van der Waals surface area contributed by atoms with Gasteiger partial charge in [-0.05, 0) is 56.2 Å². The minimum Gasteiger partial charge on any atom is -0.497 e. The van der Waals surface area contributed by atoms with Crippen molar-refractivity contribution in [1.82, 2.24) is 10.2 Å². The van der Waals surface area contributed by atoms with E-state index in [1.54, 1.807) is 7.11 Å². The summed E-state index contributed by atoms with van der Waals surface area (Å²) in [6.45, 7) is 1.62. The number of methoxy groups -OCH3 is 1. The number of aliphatic hydroxyl groups is 1. The quantitative estimate of drug-likeness (QED) is 0.842. The number of amides is 2. The Balaban J connectivity index is 1.58. The smallest absolute Gasteiger partial charge is 0.317 e. The minimum absolute atomic E-state index is 0.0212. The third kappa shape index (κ3) is 3.66. The molecule has 1 heterocycles. The van der Waals surface area contributed by atoms with Crippen LogP contribution >= 0.6 is 0 Å². The fourth-order valence-corrected chi connectivity index (χ4v) is 3.73. The van der Waals surface area contributed by atoms with E-state index in [1.807, 2.05) is 17.0 Å². The van der Waals surface area contributed by atoms with Gasteiger partial charge in [-0.1, -0.05) is 12.1 Å². The number of hydrogen-bond donors (Lipinski definition) is 2. The van der Waals surface area contributed by atoms with E-state index in [0.29, 0.717) is 13.0 Å². The molecular formula is C19H28N2O3. The van der Waals surface area contributed by atoms with Gasteiger partial charge >= 0.3 is 6.03 Å². The normalized spacial score (nSPS) is 22.1. The molecule has 0 spiro atoms. The summed E-state index contributed by atoms with van der Waals surface area (Å²) < 4.78 is 5.22. The second-order valence-corrected chi connectivity index (χ2v) is 7.02. The lowest BCUT2D eigenvalue weighted by molar-refractivity contribution is 0.131. The van der Waals surface area contributed by atoms with Crippen LogP contribution in [-0.4, -0.2) is 48.9 Å². The lowest BCUT2D eigenvalue weighted by Gasteiger charge is -2.36. The molecule has 0 bridgehead atoms. The summed E-state index contributed by atoms with van der Waals surface area (Å²) in [5.41, 5.74) is 1.36. The number of likely N-dealkylation sites (tertiary alicyclic amines) is 1. The Morgan fingerprint density at radius 2 is 2.08 bits per heavy atom. The van der Waals surface area contributed by atoms with Crippen molar-refractivity contribution in [1.29, 1.82) is 0 Å². The Morgan fingerprint density at radius 1 is 1.33 bits per heavy atom. The maximum absolute atomic E-state index is 12.6. The summed E-state index contributed by atoms with van der Waals surface area (Å²) in [6.07, 6.45) is 6.09.